The number of fused-ring (bicyclic) bond motifs is 2. The molecule has 3 aromatic heterocycles. The molecule has 0 saturated heterocycles. The molecule has 0 radical (unpaired) electrons. The summed E-state index contributed by atoms with van der Waals surface area (Å²) >= 11 is 0. The Morgan fingerprint density at radius 2 is 1.31 bits per heavy atom. The molecule has 0 bridgehead atoms. The van der Waals surface area contributed by atoms with Gasteiger partial charge in [0.25, 0.3) is 5.82 Å². The molecule has 0 aliphatic carbocycles. The minimum absolute atomic E-state index is 0.314. The average Bonchev–Trinajstić information content (AvgIpc) is 3.46. The van der Waals surface area contributed by atoms with Gasteiger partial charge in [-0.05, 0) is 28.9 Å². The number of halogens is 12. The summed E-state index contributed by atoms with van der Waals surface area (Å²) in [5.41, 5.74) is 2.22. The second-order valence-electron chi connectivity index (χ2n) is 9.37. The number of hydrogen-bond acceptors (Lipinski definition) is 7. The maximum Gasteiger partial charge on any atom is 0.201 e. The predicted molar refractivity (Wildman–Crippen MR) is 154 cm³/mol. The fourth-order valence-electron chi connectivity index (χ4n) is 3.00. The number of methoxy groups -OCH3 is 1. The van der Waals surface area contributed by atoms with Crippen molar-refractivity contribution in [3.8, 4) is 0 Å². The van der Waals surface area contributed by atoms with E-state index in [1.165, 1.54) is 0 Å². The summed E-state index contributed by atoms with van der Waals surface area (Å²) in [5.74, 6) is 1.10. The van der Waals surface area contributed by atoms with Crippen LogP contribution in [0.1, 0.15) is 0 Å². The summed E-state index contributed by atoms with van der Waals surface area (Å²) in [5, 5.41) is 28.4. The van der Waals surface area contributed by atoms with Crippen LogP contribution in [0.25, 0.3) is 11.2 Å². The molecule has 4 heterocycles. The van der Waals surface area contributed by atoms with Crippen molar-refractivity contribution in [2.24, 2.45) is 5.22 Å². The van der Waals surface area contributed by atoms with E-state index in [2.05, 4.69) is 35.9 Å². The van der Waals surface area contributed by atoms with Gasteiger partial charge in [0.2, 0.25) is 11.3 Å². The molecule has 4 rings (SSSR count). The van der Waals surface area contributed by atoms with E-state index >= 15 is 0 Å². The summed E-state index contributed by atoms with van der Waals surface area (Å²) in [6.07, 6.45) is 3.26. The van der Waals surface area contributed by atoms with Gasteiger partial charge in [0.15, 0.2) is 0 Å². The summed E-state index contributed by atoms with van der Waals surface area (Å²) in [6, 6.07) is 8.08. The quantitative estimate of drug-likeness (QED) is 0.0602. The van der Waals surface area contributed by atoms with Gasteiger partial charge < -0.3 is 9.94 Å². The third-order valence-electron chi connectivity index (χ3n) is 4.25. The number of nitrogens with zero attached hydrogens (tertiary/aromatic N) is 10. The van der Waals surface area contributed by atoms with Gasteiger partial charge in [0, 0.05) is 12.4 Å². The molecular weight excluding hydrogens is 730 g/mol. The van der Waals surface area contributed by atoms with Gasteiger partial charge >= 0.3 is 78.0 Å². The maximum absolute atomic E-state index is 11.6. The first kappa shape index (κ1) is 43.7. The molecule has 0 spiro atoms. The van der Waals surface area contributed by atoms with Crippen LogP contribution >= 0.6 is 15.6 Å². The van der Waals surface area contributed by atoms with Crippen molar-refractivity contribution in [1.29, 1.82) is 0 Å². The largest absolute Gasteiger partial charge is 0.256 e. The van der Waals surface area contributed by atoms with Crippen LogP contribution in [0, 0.1) is 5.21 Å². The molecule has 48 heavy (non-hydrogen) atoms. The van der Waals surface area contributed by atoms with Crippen molar-refractivity contribution in [3.63, 3.8) is 0 Å². The van der Waals surface area contributed by atoms with E-state index in [-0.39, 0.29) is 0 Å². The average molecular weight is 762 g/mol. The van der Waals surface area contributed by atoms with Crippen LogP contribution in [-0.4, -0.2) is 118 Å². The number of ether oxygens (including phenoxy) is 1. The van der Waals surface area contributed by atoms with E-state index in [0.717, 1.165) is 17.5 Å². The van der Waals surface area contributed by atoms with Crippen molar-refractivity contribution in [2.75, 3.05) is 56.4 Å². The molecule has 3 aromatic rings. The molecule has 28 heteroatoms. The standard InChI is InChI=1S/C10H15N6O.C5H4N4.C5H12N2O.2F6P/c1-13(2)10(14(3)4)15-8-6-5-7-11-9(8)16(17)12-15;1-2-4-5(6-3-1)8-9-7-4;1-6-5(8-4)7(2)3;2*1-7(2,3,4,5)6/h5-7H,1-4H3;1-3H,(H,6,7,8,9);1-4H3;;/q+1;;;2*-1/p+1. The Balaban J connectivity index is 0.000000613. The van der Waals surface area contributed by atoms with Crippen molar-refractivity contribution in [2.45, 2.75) is 0 Å². The molecule has 0 saturated carbocycles. The summed E-state index contributed by atoms with van der Waals surface area (Å²) in [7, 11) is -6.45. The Morgan fingerprint density at radius 3 is 1.69 bits per heavy atom. The van der Waals surface area contributed by atoms with Gasteiger partial charge in [-0.25, -0.2) is 29.7 Å². The van der Waals surface area contributed by atoms with Crippen LogP contribution in [-0.2, 0) is 4.74 Å². The molecular formula is C20H32F12N12O2P2. The zero-order valence-electron chi connectivity index (χ0n) is 26.2. The van der Waals surface area contributed by atoms with Crippen molar-refractivity contribution < 1.29 is 69.2 Å². The Kier molecular flexibility index (Phi) is 12.8. The maximum atomic E-state index is 11.6. The van der Waals surface area contributed by atoms with Gasteiger partial charge in [0.1, 0.15) is 10.7 Å². The van der Waals surface area contributed by atoms with E-state index in [1.54, 1.807) is 30.3 Å². The van der Waals surface area contributed by atoms with E-state index in [4.69, 9.17) is 4.74 Å². The molecule has 278 valence electrons. The van der Waals surface area contributed by atoms with Crippen LogP contribution < -0.4 is 5.32 Å². The fraction of sp³-hybridized carbons (Fsp3) is 0.400. The SMILES string of the molecule is CN(C)C(N(C)C)=[N+]1N=[N+]([O-])c2ncccc21.CNC(OC)=[N+](C)C.F[P-](F)(F)(F)(F)F.F[P-](F)(F)(F)(F)F.c1cnc2nn[nH]c2c1. The second-order valence-corrected chi connectivity index (χ2v) is 13.2. The normalized spacial score (nSPS) is 14.7. The van der Waals surface area contributed by atoms with Gasteiger partial charge in [-0.3, -0.25) is 5.10 Å². The van der Waals surface area contributed by atoms with Crippen molar-refractivity contribution >= 4 is 50.3 Å². The van der Waals surface area contributed by atoms with E-state index in [9.17, 15) is 55.6 Å². The molecule has 0 fully saturated rings. The summed E-state index contributed by atoms with van der Waals surface area (Å²) in [6.45, 7) is 0. The number of amidine groups is 1. The number of guanidine groups is 1. The monoisotopic (exact) mass is 762 g/mol. The third-order valence-corrected chi connectivity index (χ3v) is 4.25. The number of rotatable bonds is 0. The minimum Gasteiger partial charge on any atom is -0.256 e. The van der Waals surface area contributed by atoms with Crippen LogP contribution in [0.15, 0.2) is 41.9 Å². The molecule has 2 N–H and O–H groups in total. The first-order chi connectivity index (χ1) is 21.1. The van der Waals surface area contributed by atoms with E-state index < -0.39 is 15.6 Å². The Bertz CT molecular complexity index is 1530. The van der Waals surface area contributed by atoms with E-state index in [0.29, 0.717) is 22.0 Å². The smallest absolute Gasteiger partial charge is 0.201 e. The number of nitrogens with one attached hydrogen (secondary N) is 2. The predicted octanol–water partition coefficient (Wildman–Crippen LogP) is 7.33. The Hall–Kier alpha value is -4.34. The van der Waals surface area contributed by atoms with Crippen molar-refractivity contribution in [1.82, 2.24) is 40.5 Å². The molecule has 0 amide bonds. The van der Waals surface area contributed by atoms with Gasteiger partial charge in [-0.1, -0.05) is 5.21 Å². The molecule has 14 nitrogen and oxygen atoms in total. The zero-order chi connectivity index (χ0) is 38.1. The first-order valence-corrected chi connectivity index (χ1v) is 16.3. The Labute approximate surface area is 264 Å². The summed E-state index contributed by atoms with van der Waals surface area (Å²) in [4.78, 5) is 12.3. The fourth-order valence-corrected chi connectivity index (χ4v) is 3.00. The van der Waals surface area contributed by atoms with Crippen LogP contribution in [0.2, 0.25) is 0 Å². The van der Waals surface area contributed by atoms with Crippen LogP contribution in [0.4, 0.5) is 61.9 Å². The third kappa shape index (κ3) is 22.2. The number of aromatic amines is 1. The summed E-state index contributed by atoms with van der Waals surface area (Å²) < 4.78 is 127. The number of pyridine rings is 2. The van der Waals surface area contributed by atoms with E-state index in [1.807, 2.05) is 81.9 Å². The van der Waals surface area contributed by atoms with Gasteiger partial charge in [-0.15, -0.1) is 9.96 Å². The molecule has 0 aromatic carbocycles. The minimum atomic E-state index is -10.7. The molecule has 0 atom stereocenters. The number of aromatic nitrogens is 5. The topological polar surface area (TPSA) is 140 Å². The van der Waals surface area contributed by atoms with Gasteiger partial charge in [-0.2, -0.15) is 0 Å². The second kappa shape index (κ2) is 14.0. The first-order valence-electron chi connectivity index (χ1n) is 12.3. The molecule has 0 unspecified atom stereocenters. The van der Waals surface area contributed by atoms with Crippen LogP contribution in [0.3, 0.4) is 0 Å². The molecule has 1 aliphatic heterocycles. The van der Waals surface area contributed by atoms with Gasteiger partial charge in [0.05, 0.1) is 56.4 Å². The number of H-pyrrole nitrogens is 1. The number of hydrogen-bond donors (Lipinski definition) is 2. The van der Waals surface area contributed by atoms with Crippen molar-refractivity contribution in [3.05, 3.63) is 41.9 Å². The Morgan fingerprint density at radius 1 is 0.854 bits per heavy atom. The van der Waals surface area contributed by atoms with Crippen LogP contribution in [0.5, 0.6) is 0 Å². The molecule has 1 aliphatic rings. The zero-order valence-corrected chi connectivity index (χ0v) is 28.0.